The van der Waals surface area contributed by atoms with Crippen LogP contribution in [0.4, 0.5) is 4.39 Å². The molecule has 1 amide bonds. The van der Waals surface area contributed by atoms with E-state index in [0.29, 0.717) is 35.5 Å². The van der Waals surface area contributed by atoms with Crippen LogP contribution in [0.5, 0.6) is 5.75 Å². The molecule has 0 saturated carbocycles. The number of amides is 1. The van der Waals surface area contributed by atoms with Gasteiger partial charge in [-0.1, -0.05) is 26.0 Å². The van der Waals surface area contributed by atoms with Gasteiger partial charge in [0, 0.05) is 18.7 Å². The van der Waals surface area contributed by atoms with Gasteiger partial charge in [-0.15, -0.1) is 0 Å². The van der Waals surface area contributed by atoms with E-state index in [-0.39, 0.29) is 11.3 Å². The molecule has 1 atom stereocenters. The van der Waals surface area contributed by atoms with Crippen molar-refractivity contribution in [2.75, 3.05) is 33.3 Å². The summed E-state index contributed by atoms with van der Waals surface area (Å²) in [5, 5.41) is 11.1. The summed E-state index contributed by atoms with van der Waals surface area (Å²) >= 11 is 0. The Morgan fingerprint density at radius 3 is 2.34 bits per heavy atom. The second-order valence-corrected chi connectivity index (χ2v) is 7.76. The minimum absolute atomic E-state index is 0.00530. The number of nitrogens with zero attached hydrogens (tertiary/aromatic N) is 2. The number of rotatable bonds is 8. The van der Waals surface area contributed by atoms with Crippen LogP contribution in [-0.4, -0.2) is 59.9 Å². The molecular formula is C25H29FN2O4. The van der Waals surface area contributed by atoms with Gasteiger partial charge < -0.3 is 19.6 Å². The van der Waals surface area contributed by atoms with E-state index in [1.807, 2.05) is 13.8 Å². The van der Waals surface area contributed by atoms with Crippen molar-refractivity contribution in [3.63, 3.8) is 0 Å². The van der Waals surface area contributed by atoms with E-state index >= 15 is 0 Å². The molecule has 170 valence electrons. The van der Waals surface area contributed by atoms with Crippen molar-refractivity contribution in [3.8, 4) is 5.75 Å². The number of methoxy groups -OCH3 is 1. The van der Waals surface area contributed by atoms with Gasteiger partial charge in [0.1, 0.15) is 17.3 Å². The predicted molar refractivity (Wildman–Crippen MR) is 121 cm³/mol. The lowest BCUT2D eigenvalue weighted by atomic mass is 9.94. The monoisotopic (exact) mass is 440 g/mol. The molecule has 0 aliphatic carbocycles. The van der Waals surface area contributed by atoms with E-state index in [1.165, 1.54) is 23.1 Å². The minimum atomic E-state index is -0.748. The highest BCUT2D eigenvalue weighted by atomic mass is 19.1. The predicted octanol–water partition coefficient (Wildman–Crippen LogP) is 3.91. The maximum absolute atomic E-state index is 13.8. The second-order valence-electron chi connectivity index (χ2n) is 7.76. The number of aryl methyl sites for hydroxylation is 1. The molecule has 6 nitrogen and oxygen atoms in total. The Morgan fingerprint density at radius 2 is 1.78 bits per heavy atom. The van der Waals surface area contributed by atoms with Crippen molar-refractivity contribution in [2.45, 2.75) is 26.8 Å². The van der Waals surface area contributed by atoms with Crippen LogP contribution in [0.3, 0.4) is 0 Å². The van der Waals surface area contributed by atoms with E-state index in [0.717, 1.165) is 13.1 Å². The number of hydrogen-bond donors (Lipinski definition) is 1. The lowest BCUT2D eigenvalue weighted by Crippen LogP contribution is -2.38. The molecule has 1 saturated heterocycles. The zero-order valence-electron chi connectivity index (χ0n) is 18.9. The largest absolute Gasteiger partial charge is 0.507 e. The normalized spacial score (nSPS) is 17.9. The Hall–Kier alpha value is -3.19. The minimum Gasteiger partial charge on any atom is -0.507 e. The first-order valence-electron chi connectivity index (χ1n) is 10.7. The Labute approximate surface area is 187 Å². The van der Waals surface area contributed by atoms with Gasteiger partial charge in [0.05, 0.1) is 18.7 Å². The number of carbonyl (C=O) groups is 2. The van der Waals surface area contributed by atoms with Crippen molar-refractivity contribution in [3.05, 3.63) is 70.5 Å². The maximum Gasteiger partial charge on any atom is 0.295 e. The van der Waals surface area contributed by atoms with E-state index in [9.17, 15) is 19.1 Å². The maximum atomic E-state index is 13.8. The number of carbonyl (C=O) groups excluding carboxylic acids is 2. The fourth-order valence-electron chi connectivity index (χ4n) is 3.98. The zero-order chi connectivity index (χ0) is 23.4. The van der Waals surface area contributed by atoms with Crippen molar-refractivity contribution in [2.24, 2.45) is 0 Å². The fraction of sp³-hybridized carbons (Fsp3) is 0.360. The van der Waals surface area contributed by atoms with Crippen LogP contribution < -0.4 is 4.74 Å². The third-order valence-electron chi connectivity index (χ3n) is 5.95. The topological polar surface area (TPSA) is 70.1 Å². The molecule has 2 aromatic carbocycles. The van der Waals surface area contributed by atoms with Crippen LogP contribution in [0, 0.1) is 12.7 Å². The van der Waals surface area contributed by atoms with Crippen LogP contribution >= 0.6 is 0 Å². The van der Waals surface area contributed by atoms with Crippen LogP contribution in [0.2, 0.25) is 0 Å². The SMILES string of the molecule is CCN(CC)CCN1C(=O)C(=O)/C(=C(\O)c2ccc(F)c(C)c2)C1c1ccc(OC)cc1. The molecule has 1 fully saturated rings. The lowest BCUT2D eigenvalue weighted by Gasteiger charge is -2.28. The van der Waals surface area contributed by atoms with Gasteiger partial charge in [0.15, 0.2) is 0 Å². The second kappa shape index (κ2) is 9.96. The number of aliphatic hydroxyl groups is 1. The van der Waals surface area contributed by atoms with Gasteiger partial charge in [0.2, 0.25) is 0 Å². The molecule has 1 aliphatic heterocycles. The van der Waals surface area contributed by atoms with Crippen molar-refractivity contribution in [1.82, 2.24) is 9.80 Å². The number of likely N-dealkylation sites (tertiary alicyclic amines) is 1. The van der Waals surface area contributed by atoms with Gasteiger partial charge in [0.25, 0.3) is 11.7 Å². The molecule has 7 heteroatoms. The molecule has 1 aliphatic rings. The molecule has 1 unspecified atom stereocenters. The molecule has 0 radical (unpaired) electrons. The highest BCUT2D eigenvalue weighted by Crippen LogP contribution is 2.39. The highest BCUT2D eigenvalue weighted by molar-refractivity contribution is 6.46. The Bertz CT molecular complexity index is 1030. The van der Waals surface area contributed by atoms with Crippen molar-refractivity contribution in [1.29, 1.82) is 0 Å². The smallest absolute Gasteiger partial charge is 0.295 e. The van der Waals surface area contributed by atoms with Crippen LogP contribution in [0.1, 0.15) is 36.6 Å². The Kier molecular flexibility index (Phi) is 7.30. The number of hydrogen-bond acceptors (Lipinski definition) is 5. The van der Waals surface area contributed by atoms with Crippen molar-refractivity contribution < 1.29 is 23.8 Å². The Morgan fingerprint density at radius 1 is 1.12 bits per heavy atom. The summed E-state index contributed by atoms with van der Waals surface area (Å²) in [6.45, 7) is 8.23. The van der Waals surface area contributed by atoms with Gasteiger partial charge in [-0.3, -0.25) is 9.59 Å². The highest BCUT2D eigenvalue weighted by Gasteiger charge is 2.46. The third kappa shape index (κ3) is 4.53. The standard InChI is InChI=1S/C25H29FN2O4/c1-5-27(6-2)13-14-28-22(17-7-10-19(32-4)11-8-17)21(24(30)25(28)31)23(29)18-9-12-20(26)16(3)15-18/h7-12,15,22,29H,5-6,13-14H2,1-4H3/b23-21-. The molecule has 32 heavy (non-hydrogen) atoms. The number of likely N-dealkylation sites (N-methyl/N-ethyl adjacent to an activating group) is 1. The zero-order valence-corrected chi connectivity index (χ0v) is 18.9. The average Bonchev–Trinajstić information content (AvgIpc) is 3.06. The lowest BCUT2D eigenvalue weighted by molar-refractivity contribution is -0.140. The van der Waals surface area contributed by atoms with Gasteiger partial charge >= 0.3 is 0 Å². The van der Waals surface area contributed by atoms with Crippen LogP contribution in [-0.2, 0) is 9.59 Å². The van der Waals surface area contributed by atoms with Crippen LogP contribution in [0.25, 0.3) is 5.76 Å². The van der Waals surface area contributed by atoms with E-state index in [2.05, 4.69) is 4.90 Å². The summed E-state index contributed by atoms with van der Waals surface area (Å²) in [7, 11) is 1.56. The first kappa shape index (κ1) is 23.5. The molecule has 0 bridgehead atoms. The van der Waals surface area contributed by atoms with Gasteiger partial charge in [-0.05, 0) is 61.5 Å². The van der Waals surface area contributed by atoms with Crippen LogP contribution in [0.15, 0.2) is 48.0 Å². The summed E-state index contributed by atoms with van der Waals surface area (Å²) in [5.41, 5.74) is 1.32. The molecule has 2 aromatic rings. The molecule has 0 spiro atoms. The third-order valence-corrected chi connectivity index (χ3v) is 5.95. The van der Waals surface area contributed by atoms with E-state index in [4.69, 9.17) is 4.74 Å². The number of ether oxygens (including phenoxy) is 1. The quantitative estimate of drug-likeness (QED) is 0.383. The molecule has 3 rings (SSSR count). The number of Topliss-reactive ketones (excluding diaryl/α,β-unsaturated/α-hetero) is 1. The first-order chi connectivity index (χ1) is 15.3. The summed E-state index contributed by atoms with van der Waals surface area (Å²) in [5.74, 6) is -1.48. The summed E-state index contributed by atoms with van der Waals surface area (Å²) in [4.78, 5) is 29.7. The molecule has 1 heterocycles. The number of ketones is 1. The van der Waals surface area contributed by atoms with E-state index in [1.54, 1.807) is 38.3 Å². The van der Waals surface area contributed by atoms with Gasteiger partial charge in [-0.2, -0.15) is 0 Å². The molecule has 1 N–H and O–H groups in total. The summed E-state index contributed by atoms with van der Waals surface area (Å²) in [6, 6.07) is 10.4. The Balaban J connectivity index is 2.11. The van der Waals surface area contributed by atoms with Gasteiger partial charge in [-0.25, -0.2) is 4.39 Å². The summed E-state index contributed by atoms with van der Waals surface area (Å²) < 4.78 is 19.0. The van der Waals surface area contributed by atoms with E-state index < -0.39 is 23.5 Å². The fourth-order valence-corrected chi connectivity index (χ4v) is 3.98. The number of aliphatic hydroxyl groups excluding tert-OH is 1. The molecule has 0 aromatic heterocycles. The van der Waals surface area contributed by atoms with Crippen molar-refractivity contribution >= 4 is 17.4 Å². The first-order valence-corrected chi connectivity index (χ1v) is 10.7. The number of halogens is 1. The summed E-state index contributed by atoms with van der Waals surface area (Å²) in [6.07, 6.45) is 0. The molecular weight excluding hydrogens is 411 g/mol. The number of benzene rings is 2. The average molecular weight is 441 g/mol.